The number of ether oxygens (including phenoxy) is 4. The van der Waals surface area contributed by atoms with E-state index in [9.17, 15) is 43.2 Å². The van der Waals surface area contributed by atoms with E-state index in [1.807, 2.05) is 0 Å². The SMILES string of the molecule is CC/C=C\C/C=C\C/C=C\C/C=C\CCCCCCCCC(=O)OCC(COP(=O)(O)OCC(O)COP(=O)(O)OCC(COC(=O)CCCCCCCCC/C=C\C/C=C\C/C=C\CC)OC(=O)CCCCCCCCCCCCC)OC(=O)CCCCCCC/C=C\CCCC. The molecular weight excluding hydrogens is 1280 g/mol. The predicted octanol–water partition coefficient (Wildman–Crippen LogP) is 22.0. The minimum Gasteiger partial charge on any atom is -0.462 e. The smallest absolute Gasteiger partial charge is 0.462 e. The van der Waals surface area contributed by atoms with Crippen LogP contribution in [0.15, 0.2) is 97.2 Å². The van der Waals surface area contributed by atoms with Crippen molar-refractivity contribution in [3.63, 3.8) is 0 Å². The lowest BCUT2D eigenvalue weighted by Gasteiger charge is -2.21. The van der Waals surface area contributed by atoms with Gasteiger partial charge in [-0.05, 0) is 116 Å². The van der Waals surface area contributed by atoms with Gasteiger partial charge in [0.05, 0.1) is 26.4 Å². The Kier molecular flexibility index (Phi) is 68.4. The van der Waals surface area contributed by atoms with Crippen LogP contribution in [0.3, 0.4) is 0 Å². The van der Waals surface area contributed by atoms with Crippen LogP contribution >= 0.6 is 15.6 Å². The van der Waals surface area contributed by atoms with Crippen molar-refractivity contribution >= 4 is 39.5 Å². The highest BCUT2D eigenvalue weighted by Gasteiger charge is 2.30. The number of rotatable bonds is 72. The Balaban J connectivity index is 5.27. The van der Waals surface area contributed by atoms with Crippen molar-refractivity contribution < 1.29 is 80.2 Å². The van der Waals surface area contributed by atoms with Gasteiger partial charge in [-0.15, -0.1) is 0 Å². The second kappa shape index (κ2) is 71.4. The molecule has 0 spiro atoms. The summed E-state index contributed by atoms with van der Waals surface area (Å²) in [4.78, 5) is 72.8. The van der Waals surface area contributed by atoms with Crippen molar-refractivity contribution in [2.24, 2.45) is 0 Å². The van der Waals surface area contributed by atoms with Crippen LogP contribution in [0.25, 0.3) is 0 Å². The highest BCUT2D eigenvalue weighted by atomic mass is 31.2. The first-order chi connectivity index (χ1) is 47.7. The maximum Gasteiger partial charge on any atom is 0.472 e. The monoisotopic (exact) mass is 1420 g/mol. The summed E-state index contributed by atoms with van der Waals surface area (Å²) in [6.07, 6.45) is 74.0. The number of carbonyl (C=O) groups is 4. The molecule has 566 valence electrons. The Morgan fingerprint density at radius 3 is 0.857 bits per heavy atom. The van der Waals surface area contributed by atoms with Crippen LogP contribution in [-0.2, 0) is 65.4 Å². The van der Waals surface area contributed by atoms with Crippen molar-refractivity contribution in [1.29, 1.82) is 0 Å². The molecule has 98 heavy (non-hydrogen) atoms. The van der Waals surface area contributed by atoms with Crippen LogP contribution in [0.1, 0.15) is 323 Å². The van der Waals surface area contributed by atoms with Crippen LogP contribution in [0.5, 0.6) is 0 Å². The van der Waals surface area contributed by atoms with Gasteiger partial charge in [-0.2, -0.15) is 0 Å². The van der Waals surface area contributed by atoms with Crippen LogP contribution in [0, 0.1) is 0 Å². The number of phosphoric acid groups is 2. The Morgan fingerprint density at radius 1 is 0.296 bits per heavy atom. The third-order valence-corrected chi connectivity index (χ3v) is 17.9. The standard InChI is InChI=1S/C79H138O17P2/c1-5-9-13-17-21-25-29-31-33-35-36-38-40-42-46-48-52-56-60-64-77(82)90-70-75(96-79(84)66-62-58-54-50-44-28-24-20-16-12-8-4)72-94-98(87,88)92-68-73(80)67-91-97(85,86)93-71-74(95-78(83)65-61-57-53-49-43-27-23-19-15-11-7-3)69-89-76(81)63-59-55-51-47-45-41-39-37-34-32-30-26-22-18-14-10-6-2/h9-10,13-14,20-22,24-26,31-34,36,38,73-75,80H,5-8,11-12,15-19,23,27-30,35,37,39-72H2,1-4H3,(H,85,86)(H,87,88)/b13-9-,14-10-,24-20-,25-21-,26-22-,33-31-,34-32-,38-36-. The van der Waals surface area contributed by atoms with Crippen molar-refractivity contribution in [1.82, 2.24) is 0 Å². The highest BCUT2D eigenvalue weighted by Crippen LogP contribution is 2.45. The number of hydrogen-bond donors (Lipinski definition) is 3. The largest absolute Gasteiger partial charge is 0.472 e. The Morgan fingerprint density at radius 2 is 0.541 bits per heavy atom. The zero-order chi connectivity index (χ0) is 71.8. The molecular formula is C79H138O17P2. The fraction of sp³-hybridized carbons (Fsp3) is 0.747. The molecule has 0 aliphatic carbocycles. The molecule has 0 amide bonds. The molecule has 0 bridgehead atoms. The van der Waals surface area contributed by atoms with E-state index in [1.165, 1.54) is 51.4 Å². The predicted molar refractivity (Wildman–Crippen MR) is 399 cm³/mol. The molecule has 5 atom stereocenters. The molecule has 0 radical (unpaired) electrons. The lowest BCUT2D eigenvalue weighted by atomic mass is 10.1. The molecule has 3 N–H and O–H groups in total. The zero-order valence-electron chi connectivity index (χ0n) is 61.7. The first kappa shape index (κ1) is 94.0. The summed E-state index contributed by atoms with van der Waals surface area (Å²) in [6.45, 7) is 4.59. The van der Waals surface area contributed by atoms with Crippen molar-refractivity contribution in [3.8, 4) is 0 Å². The van der Waals surface area contributed by atoms with Gasteiger partial charge in [-0.1, -0.05) is 279 Å². The van der Waals surface area contributed by atoms with E-state index in [-0.39, 0.29) is 25.7 Å². The van der Waals surface area contributed by atoms with Crippen LogP contribution in [0.4, 0.5) is 0 Å². The van der Waals surface area contributed by atoms with Gasteiger partial charge in [-0.3, -0.25) is 37.3 Å². The summed E-state index contributed by atoms with van der Waals surface area (Å²) in [5.41, 5.74) is 0. The molecule has 0 aliphatic heterocycles. The van der Waals surface area contributed by atoms with E-state index in [4.69, 9.17) is 37.0 Å². The number of aliphatic hydroxyl groups excluding tert-OH is 1. The van der Waals surface area contributed by atoms with E-state index in [0.717, 1.165) is 193 Å². The summed E-state index contributed by atoms with van der Waals surface area (Å²) in [5.74, 6) is -2.19. The maximum absolute atomic E-state index is 13.1. The molecule has 0 fully saturated rings. The average molecular weight is 1420 g/mol. The van der Waals surface area contributed by atoms with Gasteiger partial charge >= 0.3 is 39.5 Å². The van der Waals surface area contributed by atoms with Gasteiger partial charge in [0.25, 0.3) is 0 Å². The molecule has 0 heterocycles. The summed E-state index contributed by atoms with van der Waals surface area (Å²) in [6, 6.07) is 0. The minimum absolute atomic E-state index is 0.0815. The molecule has 0 saturated heterocycles. The number of esters is 4. The molecule has 0 rings (SSSR count). The summed E-state index contributed by atoms with van der Waals surface area (Å²) in [5, 5.41) is 10.6. The second-order valence-corrected chi connectivity index (χ2v) is 28.4. The highest BCUT2D eigenvalue weighted by molar-refractivity contribution is 7.47. The number of hydrogen-bond acceptors (Lipinski definition) is 15. The molecule has 5 unspecified atom stereocenters. The Labute approximate surface area is 595 Å². The fourth-order valence-corrected chi connectivity index (χ4v) is 11.8. The maximum atomic E-state index is 13.1. The Bertz CT molecular complexity index is 2240. The third-order valence-electron chi connectivity index (χ3n) is 16.0. The molecule has 19 heteroatoms. The minimum atomic E-state index is -4.97. The van der Waals surface area contributed by atoms with Crippen LogP contribution in [0.2, 0.25) is 0 Å². The Hall–Kier alpha value is -4.02. The zero-order valence-corrected chi connectivity index (χ0v) is 63.5. The topological polar surface area (TPSA) is 237 Å². The van der Waals surface area contributed by atoms with Gasteiger partial charge < -0.3 is 33.8 Å². The van der Waals surface area contributed by atoms with Crippen molar-refractivity contribution in [3.05, 3.63) is 97.2 Å². The van der Waals surface area contributed by atoms with Crippen LogP contribution in [-0.4, -0.2) is 96.7 Å². The molecule has 17 nitrogen and oxygen atoms in total. The molecule has 0 aliphatic rings. The van der Waals surface area contributed by atoms with Crippen molar-refractivity contribution in [2.75, 3.05) is 39.6 Å². The third kappa shape index (κ3) is 70.4. The van der Waals surface area contributed by atoms with E-state index < -0.39 is 97.5 Å². The number of allylic oxidation sites excluding steroid dienone is 16. The van der Waals surface area contributed by atoms with E-state index in [2.05, 4.69) is 125 Å². The number of unbranched alkanes of at least 4 members (excludes halogenated alkanes) is 30. The first-order valence-corrected chi connectivity index (χ1v) is 41.5. The van der Waals surface area contributed by atoms with E-state index in [1.54, 1.807) is 0 Å². The van der Waals surface area contributed by atoms with Crippen molar-refractivity contribution in [2.45, 2.75) is 341 Å². The van der Waals surface area contributed by atoms with E-state index >= 15 is 0 Å². The number of aliphatic hydroxyl groups is 1. The lowest BCUT2D eigenvalue weighted by molar-refractivity contribution is -0.161. The van der Waals surface area contributed by atoms with Gasteiger partial charge in [-0.25, -0.2) is 9.13 Å². The second-order valence-electron chi connectivity index (χ2n) is 25.5. The molecule has 0 aromatic heterocycles. The number of carbonyl (C=O) groups excluding carboxylic acids is 4. The molecule has 0 aromatic rings. The van der Waals surface area contributed by atoms with Gasteiger partial charge in [0.2, 0.25) is 0 Å². The normalized spacial score (nSPS) is 14.5. The fourth-order valence-electron chi connectivity index (χ4n) is 10.2. The average Bonchev–Trinajstić information content (AvgIpc) is 1.03. The molecule has 0 saturated carbocycles. The molecule has 0 aromatic carbocycles. The summed E-state index contributed by atoms with van der Waals surface area (Å²) < 4.78 is 68.4. The summed E-state index contributed by atoms with van der Waals surface area (Å²) in [7, 11) is -9.94. The lowest BCUT2D eigenvalue weighted by Crippen LogP contribution is -2.30. The summed E-state index contributed by atoms with van der Waals surface area (Å²) >= 11 is 0. The number of phosphoric ester groups is 2. The van der Waals surface area contributed by atoms with Gasteiger partial charge in [0, 0.05) is 25.7 Å². The van der Waals surface area contributed by atoms with E-state index in [0.29, 0.717) is 25.7 Å². The van der Waals surface area contributed by atoms with Gasteiger partial charge in [0.1, 0.15) is 19.3 Å². The quantitative estimate of drug-likeness (QED) is 0.0169. The van der Waals surface area contributed by atoms with Gasteiger partial charge in [0.15, 0.2) is 12.2 Å². The first-order valence-electron chi connectivity index (χ1n) is 38.5. The van der Waals surface area contributed by atoms with Crippen LogP contribution < -0.4 is 0 Å².